The minimum atomic E-state index is -0.688. The lowest BCUT2D eigenvalue weighted by Crippen LogP contribution is -2.14. The van der Waals surface area contributed by atoms with Crippen LogP contribution in [0.15, 0.2) is 56.2 Å². The topological polar surface area (TPSA) is 64.6 Å². The Bertz CT molecular complexity index is 1030. The summed E-state index contributed by atoms with van der Waals surface area (Å²) in [6.45, 7) is 3.63. The molecule has 3 rings (SSSR count). The molecule has 0 fully saturated rings. The average Bonchev–Trinajstić information content (AvgIpc) is 2.93. The minimum absolute atomic E-state index is 0.0999. The van der Waals surface area contributed by atoms with E-state index in [9.17, 15) is 13.4 Å². The van der Waals surface area contributed by atoms with Crippen LogP contribution in [-0.2, 0) is 11.5 Å². The van der Waals surface area contributed by atoms with E-state index < -0.39 is 11.6 Å². The lowest BCUT2D eigenvalue weighted by molar-refractivity contribution is 0.500. The Kier molecular flexibility index (Phi) is 4.26. The molecule has 0 N–H and O–H groups in total. The van der Waals surface area contributed by atoms with Gasteiger partial charge in [-0.15, -0.1) is 0 Å². The van der Waals surface area contributed by atoms with E-state index in [2.05, 4.69) is 4.36 Å². The Morgan fingerprint density at radius 1 is 1.17 bits per heavy atom. The summed E-state index contributed by atoms with van der Waals surface area (Å²) in [7, 11) is 0. The summed E-state index contributed by atoms with van der Waals surface area (Å²) >= 11 is 0.118. The molecule has 122 valence electrons. The van der Waals surface area contributed by atoms with Crippen LogP contribution in [-0.4, -0.2) is 8.78 Å². The van der Waals surface area contributed by atoms with Gasteiger partial charge in [-0.2, -0.15) is 8.57 Å². The van der Waals surface area contributed by atoms with Crippen molar-refractivity contribution in [1.82, 2.24) is 4.57 Å². The highest BCUT2D eigenvalue weighted by atomic mass is 32.1. The molecule has 3 aromatic rings. The molecule has 0 saturated carbocycles. The number of aryl methyl sites for hydroxylation is 1. The van der Waals surface area contributed by atoms with Crippen LogP contribution in [0.5, 0.6) is 0 Å². The zero-order valence-electron chi connectivity index (χ0n) is 12.9. The SMILES string of the molecule is Cc1ccc(-c2coc(=O)n2-c2ccccc2F)c(C)c1N=S=O. The van der Waals surface area contributed by atoms with Gasteiger partial charge in [-0.1, -0.05) is 24.3 Å². The van der Waals surface area contributed by atoms with Gasteiger partial charge in [0.1, 0.15) is 12.1 Å². The summed E-state index contributed by atoms with van der Waals surface area (Å²) in [5.74, 6) is -1.22. The van der Waals surface area contributed by atoms with Crippen LogP contribution in [0.4, 0.5) is 10.1 Å². The third-order valence-electron chi connectivity index (χ3n) is 3.83. The molecule has 24 heavy (non-hydrogen) atoms. The number of rotatable bonds is 3. The number of hydrogen-bond acceptors (Lipinski definition) is 4. The molecule has 0 aliphatic rings. The molecule has 0 amide bonds. The summed E-state index contributed by atoms with van der Waals surface area (Å²) in [6.07, 6.45) is 1.28. The first-order valence-corrected chi connectivity index (χ1v) is 7.80. The van der Waals surface area contributed by atoms with Crippen LogP contribution in [0.2, 0.25) is 0 Å². The van der Waals surface area contributed by atoms with Gasteiger partial charge in [0.15, 0.2) is 0 Å². The first-order valence-electron chi connectivity index (χ1n) is 7.10. The molecule has 0 aliphatic heterocycles. The molecule has 1 heterocycles. The molecular formula is C17H13FN2O3S. The van der Waals surface area contributed by atoms with Gasteiger partial charge in [0, 0.05) is 5.56 Å². The zero-order chi connectivity index (χ0) is 17.3. The Balaban J connectivity index is 2.31. The first-order chi connectivity index (χ1) is 11.5. The molecule has 0 unspecified atom stereocenters. The van der Waals surface area contributed by atoms with Gasteiger partial charge in [-0.05, 0) is 37.1 Å². The molecule has 0 atom stereocenters. The van der Waals surface area contributed by atoms with E-state index >= 15 is 0 Å². The maximum absolute atomic E-state index is 14.1. The van der Waals surface area contributed by atoms with Crippen molar-refractivity contribution in [3.05, 3.63) is 70.2 Å². The Morgan fingerprint density at radius 2 is 1.92 bits per heavy atom. The van der Waals surface area contributed by atoms with Gasteiger partial charge < -0.3 is 4.42 Å². The van der Waals surface area contributed by atoms with E-state index in [1.165, 1.54) is 23.0 Å². The number of aromatic nitrogens is 1. The van der Waals surface area contributed by atoms with Gasteiger partial charge >= 0.3 is 5.76 Å². The second-order valence-electron chi connectivity index (χ2n) is 5.24. The van der Waals surface area contributed by atoms with Gasteiger partial charge in [-0.3, -0.25) is 0 Å². The highest BCUT2D eigenvalue weighted by Crippen LogP contribution is 2.33. The van der Waals surface area contributed by atoms with Crippen molar-refractivity contribution in [3.8, 4) is 16.9 Å². The van der Waals surface area contributed by atoms with Crippen molar-refractivity contribution in [2.45, 2.75) is 13.8 Å². The van der Waals surface area contributed by atoms with Crippen LogP contribution in [0.25, 0.3) is 16.9 Å². The third kappa shape index (κ3) is 2.63. The lowest BCUT2D eigenvalue weighted by Gasteiger charge is -2.12. The number of benzene rings is 2. The number of halogens is 1. The maximum Gasteiger partial charge on any atom is 0.424 e. The summed E-state index contributed by atoms with van der Waals surface area (Å²) in [5.41, 5.74) is 3.23. The first kappa shape index (κ1) is 16.1. The fourth-order valence-electron chi connectivity index (χ4n) is 2.65. The normalized spacial score (nSPS) is 10.6. The minimum Gasteiger partial charge on any atom is -0.415 e. The van der Waals surface area contributed by atoms with E-state index in [0.29, 0.717) is 22.5 Å². The summed E-state index contributed by atoms with van der Waals surface area (Å²) < 4.78 is 35.0. The highest BCUT2D eigenvalue weighted by molar-refractivity contribution is 7.54. The van der Waals surface area contributed by atoms with Crippen molar-refractivity contribution in [2.24, 2.45) is 4.36 Å². The molecule has 0 spiro atoms. The quantitative estimate of drug-likeness (QED) is 0.724. The van der Waals surface area contributed by atoms with Gasteiger partial charge in [0.05, 0.1) is 17.1 Å². The van der Waals surface area contributed by atoms with Gasteiger partial charge in [0.25, 0.3) is 0 Å². The fraction of sp³-hybridized carbons (Fsp3) is 0.118. The summed E-state index contributed by atoms with van der Waals surface area (Å²) in [5, 5.41) is 0. The molecule has 0 radical (unpaired) electrons. The predicted molar refractivity (Wildman–Crippen MR) is 89.4 cm³/mol. The molecule has 1 aromatic heterocycles. The fourth-order valence-corrected chi connectivity index (χ4v) is 3.00. The molecule has 0 aliphatic carbocycles. The van der Waals surface area contributed by atoms with Crippen LogP contribution < -0.4 is 5.76 Å². The molecule has 5 nitrogen and oxygen atoms in total. The summed E-state index contributed by atoms with van der Waals surface area (Å²) in [6, 6.07) is 9.54. The van der Waals surface area contributed by atoms with E-state index in [0.717, 1.165) is 5.56 Å². The smallest absolute Gasteiger partial charge is 0.415 e. The van der Waals surface area contributed by atoms with Gasteiger partial charge in [-0.25, -0.2) is 13.8 Å². The van der Waals surface area contributed by atoms with Crippen molar-refractivity contribution in [1.29, 1.82) is 0 Å². The van der Waals surface area contributed by atoms with Gasteiger partial charge in [0.2, 0.25) is 11.5 Å². The molecule has 2 aromatic carbocycles. The van der Waals surface area contributed by atoms with Crippen LogP contribution in [0, 0.1) is 19.7 Å². The van der Waals surface area contributed by atoms with Crippen LogP contribution in [0.1, 0.15) is 11.1 Å². The van der Waals surface area contributed by atoms with Crippen LogP contribution in [0.3, 0.4) is 0 Å². The zero-order valence-corrected chi connectivity index (χ0v) is 13.8. The molecule has 0 saturated heterocycles. The largest absolute Gasteiger partial charge is 0.424 e. The van der Waals surface area contributed by atoms with E-state index in [-0.39, 0.29) is 17.2 Å². The van der Waals surface area contributed by atoms with Crippen LogP contribution >= 0.6 is 0 Å². The van der Waals surface area contributed by atoms with Crippen molar-refractivity contribution < 1.29 is 13.0 Å². The Labute approximate surface area is 140 Å². The summed E-state index contributed by atoms with van der Waals surface area (Å²) in [4.78, 5) is 12.1. The van der Waals surface area contributed by atoms with E-state index in [1.807, 2.05) is 6.92 Å². The Hall–Kier alpha value is -2.80. The second kappa shape index (κ2) is 6.37. The standard InChI is InChI=1S/C17H13FN2O3S/c1-10-7-8-12(11(2)16(10)19-24-22)15-9-23-17(21)20(15)14-6-4-3-5-13(14)18/h3-9H,1-2H3. The van der Waals surface area contributed by atoms with E-state index in [4.69, 9.17) is 4.42 Å². The monoisotopic (exact) mass is 344 g/mol. The molecule has 0 bridgehead atoms. The number of nitrogens with zero attached hydrogens (tertiary/aromatic N) is 2. The highest BCUT2D eigenvalue weighted by Gasteiger charge is 2.18. The predicted octanol–water partition coefficient (Wildman–Crippen LogP) is 3.88. The molecule has 7 heteroatoms. The van der Waals surface area contributed by atoms with Crippen molar-refractivity contribution >= 4 is 17.2 Å². The average molecular weight is 344 g/mol. The number of para-hydroxylation sites is 1. The number of hydrogen-bond donors (Lipinski definition) is 0. The number of oxazole rings is 1. The third-order valence-corrected chi connectivity index (χ3v) is 4.08. The Morgan fingerprint density at radius 3 is 2.62 bits per heavy atom. The molecular weight excluding hydrogens is 331 g/mol. The van der Waals surface area contributed by atoms with Crippen molar-refractivity contribution in [2.75, 3.05) is 0 Å². The van der Waals surface area contributed by atoms with E-state index in [1.54, 1.807) is 31.2 Å². The van der Waals surface area contributed by atoms with Crippen molar-refractivity contribution in [3.63, 3.8) is 0 Å². The maximum atomic E-state index is 14.1. The second-order valence-corrected chi connectivity index (χ2v) is 5.57. The lowest BCUT2D eigenvalue weighted by atomic mass is 10.0.